The van der Waals surface area contributed by atoms with Crippen LogP contribution in [0.1, 0.15) is 11.1 Å². The molecule has 5 aromatic rings. The highest BCUT2D eigenvalue weighted by atomic mass is 16.7. The van der Waals surface area contributed by atoms with Crippen molar-refractivity contribution in [2.45, 2.75) is 30.7 Å². The normalized spacial score (nSPS) is 19.6. The summed E-state index contributed by atoms with van der Waals surface area (Å²) in [6, 6.07) is 17.4. The standard InChI is InChI=1S/C40H34O16/c1-51-28-16-21(4-13-26(28)44)6-14-31(46)52-19-30-34(48)38(55-32(47)15-5-20-2-9-23(41)10-3-20)36(50)40(54-30)56-39-35(49)33-27(45)17-25(43)18-29(33)53-37(39)22-7-11-24(42)12-8-22/h2-18,30,34,36,38,40-45,48,50H,19H2,1H3/t30-,34-,36-,38+,40+/m1/s1. The van der Waals surface area contributed by atoms with Gasteiger partial charge in [-0.3, -0.25) is 4.79 Å². The van der Waals surface area contributed by atoms with Gasteiger partial charge in [-0.15, -0.1) is 0 Å². The van der Waals surface area contributed by atoms with Crippen molar-refractivity contribution in [2.24, 2.45) is 0 Å². The van der Waals surface area contributed by atoms with Gasteiger partial charge in [0, 0.05) is 29.8 Å². The second-order valence-electron chi connectivity index (χ2n) is 12.3. The summed E-state index contributed by atoms with van der Waals surface area (Å²) in [5.74, 6) is -4.07. The summed E-state index contributed by atoms with van der Waals surface area (Å²) in [7, 11) is 1.35. The number of benzene rings is 4. The molecule has 0 unspecified atom stereocenters. The molecule has 56 heavy (non-hydrogen) atoms. The fourth-order valence-electron chi connectivity index (χ4n) is 5.67. The van der Waals surface area contributed by atoms with E-state index in [-0.39, 0.29) is 39.9 Å². The molecule has 1 saturated heterocycles. The van der Waals surface area contributed by atoms with Gasteiger partial charge in [0.1, 0.15) is 52.8 Å². The predicted octanol–water partition coefficient (Wildman–Crippen LogP) is 3.70. The minimum atomic E-state index is -2.01. The Bertz CT molecular complexity index is 2350. The number of carbonyl (C=O) groups is 2. The summed E-state index contributed by atoms with van der Waals surface area (Å²) in [6.45, 7) is -0.690. The monoisotopic (exact) mass is 770 g/mol. The van der Waals surface area contributed by atoms with Gasteiger partial charge in [0.25, 0.3) is 0 Å². The number of hydrogen-bond acceptors (Lipinski definition) is 16. The third-order valence-electron chi connectivity index (χ3n) is 8.49. The van der Waals surface area contributed by atoms with Gasteiger partial charge in [0.15, 0.2) is 29.5 Å². The molecule has 4 aromatic carbocycles. The Kier molecular flexibility index (Phi) is 11.4. The van der Waals surface area contributed by atoms with Crippen LogP contribution in [-0.4, -0.2) is 92.1 Å². The molecule has 7 N–H and O–H groups in total. The number of methoxy groups -OCH3 is 1. The average Bonchev–Trinajstić information content (AvgIpc) is 3.17. The number of hydrogen-bond donors (Lipinski definition) is 7. The Morgan fingerprint density at radius 1 is 0.750 bits per heavy atom. The van der Waals surface area contributed by atoms with E-state index in [2.05, 4.69) is 0 Å². The van der Waals surface area contributed by atoms with Crippen LogP contribution in [0, 0.1) is 0 Å². The zero-order valence-electron chi connectivity index (χ0n) is 29.2. The van der Waals surface area contributed by atoms with Crippen LogP contribution in [0.3, 0.4) is 0 Å². The van der Waals surface area contributed by atoms with Crippen LogP contribution in [0.25, 0.3) is 34.4 Å². The number of aliphatic hydroxyl groups is 2. The minimum absolute atomic E-state index is 0.00517. The van der Waals surface area contributed by atoms with Gasteiger partial charge in [-0.25, -0.2) is 9.59 Å². The topological polar surface area (TPSA) is 252 Å². The van der Waals surface area contributed by atoms with Crippen molar-refractivity contribution in [3.05, 3.63) is 112 Å². The maximum absolute atomic E-state index is 13.9. The number of phenols is 5. The van der Waals surface area contributed by atoms with Crippen molar-refractivity contribution in [1.29, 1.82) is 0 Å². The van der Waals surface area contributed by atoms with Crippen LogP contribution in [0.4, 0.5) is 0 Å². The Balaban J connectivity index is 1.31. The van der Waals surface area contributed by atoms with Crippen LogP contribution < -0.4 is 14.9 Å². The van der Waals surface area contributed by atoms with Gasteiger partial charge in [-0.05, 0) is 71.8 Å². The van der Waals surface area contributed by atoms with Gasteiger partial charge in [-0.2, -0.15) is 0 Å². The number of fused-ring (bicyclic) bond motifs is 1. The number of aliphatic hydroxyl groups excluding tert-OH is 2. The first kappa shape index (κ1) is 38.7. The van der Waals surface area contributed by atoms with E-state index in [0.29, 0.717) is 11.1 Å². The zero-order chi connectivity index (χ0) is 40.1. The second-order valence-corrected chi connectivity index (χ2v) is 12.3. The smallest absolute Gasteiger partial charge is 0.331 e. The molecule has 1 fully saturated rings. The van der Waals surface area contributed by atoms with Crippen molar-refractivity contribution in [1.82, 2.24) is 0 Å². The summed E-state index contributed by atoms with van der Waals surface area (Å²) in [5, 5.41) is 72.2. The fourth-order valence-corrected chi connectivity index (χ4v) is 5.67. The maximum Gasteiger partial charge on any atom is 0.331 e. The minimum Gasteiger partial charge on any atom is -0.508 e. The lowest BCUT2D eigenvalue weighted by atomic mass is 9.98. The summed E-state index contributed by atoms with van der Waals surface area (Å²) in [4.78, 5) is 39.7. The summed E-state index contributed by atoms with van der Waals surface area (Å²) in [5.41, 5.74) is -0.110. The number of carbonyl (C=O) groups excluding carboxylic acids is 2. The first-order chi connectivity index (χ1) is 26.8. The van der Waals surface area contributed by atoms with Gasteiger partial charge in [-0.1, -0.05) is 18.2 Å². The summed E-state index contributed by atoms with van der Waals surface area (Å²) >= 11 is 0. The van der Waals surface area contributed by atoms with E-state index in [0.717, 1.165) is 24.3 Å². The molecule has 1 aliphatic heterocycles. The summed E-state index contributed by atoms with van der Waals surface area (Å²) in [6.07, 6.45) is -4.41. The van der Waals surface area contributed by atoms with E-state index < -0.39 is 77.3 Å². The van der Waals surface area contributed by atoms with Crippen molar-refractivity contribution < 1.29 is 73.4 Å². The Labute approximate surface area is 316 Å². The fraction of sp³-hybridized carbons (Fsp3) is 0.175. The molecule has 16 nitrogen and oxygen atoms in total. The van der Waals surface area contributed by atoms with Gasteiger partial charge < -0.3 is 63.8 Å². The molecule has 1 aliphatic rings. The van der Waals surface area contributed by atoms with Crippen molar-refractivity contribution in [2.75, 3.05) is 13.7 Å². The molecule has 6 rings (SSSR count). The molecule has 2 heterocycles. The molecule has 0 spiro atoms. The molecule has 0 amide bonds. The molecule has 0 radical (unpaired) electrons. The number of esters is 2. The highest BCUT2D eigenvalue weighted by molar-refractivity contribution is 5.89. The zero-order valence-corrected chi connectivity index (χ0v) is 29.2. The van der Waals surface area contributed by atoms with Crippen molar-refractivity contribution in [3.8, 4) is 51.6 Å². The first-order valence-electron chi connectivity index (χ1n) is 16.7. The van der Waals surface area contributed by atoms with E-state index in [9.17, 15) is 50.1 Å². The maximum atomic E-state index is 13.9. The Morgan fingerprint density at radius 3 is 2.09 bits per heavy atom. The molecule has 0 bridgehead atoms. The molecular weight excluding hydrogens is 736 g/mol. The predicted molar refractivity (Wildman–Crippen MR) is 196 cm³/mol. The number of phenolic OH excluding ortho intramolecular Hbond substituents is 5. The number of ether oxygens (including phenoxy) is 5. The number of aromatic hydroxyl groups is 5. The van der Waals surface area contributed by atoms with Crippen LogP contribution >= 0.6 is 0 Å². The van der Waals surface area contributed by atoms with Crippen molar-refractivity contribution >= 4 is 35.1 Å². The van der Waals surface area contributed by atoms with Crippen LogP contribution in [0.15, 0.2) is 100 Å². The van der Waals surface area contributed by atoms with E-state index in [1.807, 2.05) is 0 Å². The Morgan fingerprint density at radius 2 is 1.39 bits per heavy atom. The second kappa shape index (κ2) is 16.6. The molecule has 0 aliphatic carbocycles. The quantitative estimate of drug-likeness (QED) is 0.0747. The van der Waals surface area contributed by atoms with Crippen molar-refractivity contribution in [3.63, 3.8) is 0 Å². The summed E-state index contributed by atoms with van der Waals surface area (Å²) < 4.78 is 33.5. The molecule has 290 valence electrons. The lowest BCUT2D eigenvalue weighted by molar-refractivity contribution is -0.281. The Hall–Kier alpha value is -7.01. The van der Waals surface area contributed by atoms with E-state index >= 15 is 0 Å². The van der Waals surface area contributed by atoms with Gasteiger partial charge in [0.2, 0.25) is 17.5 Å². The highest BCUT2D eigenvalue weighted by Crippen LogP contribution is 2.38. The van der Waals surface area contributed by atoms with E-state index in [1.165, 1.54) is 86.0 Å². The molecular formula is C40H34O16. The molecule has 0 saturated carbocycles. The lowest BCUT2D eigenvalue weighted by Crippen LogP contribution is -2.61. The van der Waals surface area contributed by atoms with Crippen LogP contribution in [-0.2, 0) is 23.8 Å². The highest BCUT2D eigenvalue weighted by Gasteiger charge is 2.49. The SMILES string of the molecule is COc1cc(C=CC(=O)OC[C@H]2O[C@@H](Oc3c(-c4ccc(O)cc4)oc4cc(O)cc(O)c4c3=O)[C@H](O)[C@@H](OC(=O)C=Cc3ccc(O)cc3)[C@@H]2O)ccc1O. The lowest BCUT2D eigenvalue weighted by Gasteiger charge is -2.41. The van der Waals surface area contributed by atoms with Crippen LogP contribution in [0.2, 0.25) is 0 Å². The number of rotatable bonds is 11. The molecule has 16 heteroatoms. The third-order valence-corrected chi connectivity index (χ3v) is 8.49. The molecule has 1 aromatic heterocycles. The first-order valence-corrected chi connectivity index (χ1v) is 16.7. The van der Waals surface area contributed by atoms with E-state index in [1.54, 1.807) is 0 Å². The molecule has 5 atom stereocenters. The van der Waals surface area contributed by atoms with Gasteiger partial charge >= 0.3 is 11.9 Å². The average molecular weight is 771 g/mol. The van der Waals surface area contributed by atoms with Gasteiger partial charge in [0.05, 0.1) is 7.11 Å². The van der Waals surface area contributed by atoms with Crippen LogP contribution in [0.5, 0.6) is 40.2 Å². The third kappa shape index (κ3) is 8.68. The largest absolute Gasteiger partial charge is 0.508 e. The van der Waals surface area contributed by atoms with E-state index in [4.69, 9.17) is 28.1 Å².